The van der Waals surface area contributed by atoms with Crippen molar-refractivity contribution in [2.45, 2.75) is 0 Å². The second-order valence-corrected chi connectivity index (χ2v) is 5.27. The summed E-state index contributed by atoms with van der Waals surface area (Å²) in [6.07, 6.45) is 2.64. The predicted molar refractivity (Wildman–Crippen MR) is 87.5 cm³/mol. The number of hydrogen-bond donors (Lipinski definition) is 2. The molecule has 0 aliphatic carbocycles. The van der Waals surface area contributed by atoms with Gasteiger partial charge in [0.2, 0.25) is 0 Å². The number of benzene rings is 2. The molecule has 118 valence electrons. The molecule has 2 rings (SSSR count). The largest absolute Gasteiger partial charge is 0.272 e. The molecule has 0 radical (unpaired) electrons. The highest BCUT2D eigenvalue weighted by molar-refractivity contribution is 6.35. The van der Waals surface area contributed by atoms with Crippen LogP contribution in [0.1, 0.15) is 15.9 Å². The molecule has 2 N–H and O–H groups in total. The Labute approximate surface area is 141 Å². The molecule has 0 atom stereocenters. The van der Waals surface area contributed by atoms with Gasteiger partial charge in [-0.05, 0) is 35.9 Å². The summed E-state index contributed by atoms with van der Waals surface area (Å²) >= 11 is 11.7. The lowest BCUT2D eigenvalue weighted by molar-refractivity contribution is -0.117. The lowest BCUT2D eigenvalue weighted by Crippen LogP contribution is -2.41. The third kappa shape index (κ3) is 4.81. The van der Waals surface area contributed by atoms with Crippen molar-refractivity contribution in [2.75, 3.05) is 0 Å². The zero-order valence-corrected chi connectivity index (χ0v) is 13.2. The number of nitrogens with one attached hydrogen (secondary N) is 2. The molecule has 0 aromatic heterocycles. The fraction of sp³-hybridized carbons (Fsp3) is 0. The maximum absolute atomic E-state index is 13.4. The lowest BCUT2D eigenvalue weighted by Gasteiger charge is -2.06. The van der Waals surface area contributed by atoms with E-state index in [9.17, 15) is 14.0 Å². The Kier molecular flexibility index (Phi) is 5.73. The van der Waals surface area contributed by atoms with Crippen LogP contribution in [0, 0.1) is 5.82 Å². The lowest BCUT2D eigenvalue weighted by atomic mass is 10.2. The van der Waals surface area contributed by atoms with Crippen LogP contribution in [0.15, 0.2) is 48.5 Å². The molecule has 0 spiro atoms. The molecule has 2 aromatic carbocycles. The SMILES string of the molecule is O=C(/C=C/c1ccc(Cl)cc1Cl)NNC(=O)c1ccccc1F. The first-order valence-corrected chi connectivity index (χ1v) is 7.21. The molecule has 0 fully saturated rings. The summed E-state index contributed by atoms with van der Waals surface area (Å²) in [7, 11) is 0. The van der Waals surface area contributed by atoms with Gasteiger partial charge in [-0.1, -0.05) is 41.4 Å². The number of hydrazine groups is 1. The van der Waals surface area contributed by atoms with E-state index >= 15 is 0 Å². The zero-order chi connectivity index (χ0) is 16.8. The van der Waals surface area contributed by atoms with E-state index in [-0.39, 0.29) is 5.56 Å². The Hall–Kier alpha value is -2.37. The molecule has 2 amide bonds. The molecule has 0 saturated heterocycles. The summed E-state index contributed by atoms with van der Waals surface area (Å²) < 4.78 is 13.4. The van der Waals surface area contributed by atoms with Crippen LogP contribution in [0.2, 0.25) is 10.0 Å². The highest BCUT2D eigenvalue weighted by atomic mass is 35.5. The standard InChI is InChI=1S/C16H11Cl2FN2O2/c17-11-7-5-10(13(18)9-11)6-8-15(22)20-21-16(23)12-3-1-2-4-14(12)19/h1-9H,(H,20,22)(H,21,23)/b8-6+. The van der Waals surface area contributed by atoms with Crippen LogP contribution in [0.4, 0.5) is 4.39 Å². The van der Waals surface area contributed by atoms with Crippen LogP contribution in [0.5, 0.6) is 0 Å². The Morgan fingerprint density at radius 3 is 2.48 bits per heavy atom. The monoisotopic (exact) mass is 352 g/mol. The van der Waals surface area contributed by atoms with E-state index in [1.165, 1.54) is 30.4 Å². The van der Waals surface area contributed by atoms with Gasteiger partial charge in [-0.2, -0.15) is 0 Å². The second-order valence-electron chi connectivity index (χ2n) is 4.42. The van der Waals surface area contributed by atoms with Crippen LogP contribution < -0.4 is 10.9 Å². The summed E-state index contributed by atoms with van der Waals surface area (Å²) in [4.78, 5) is 23.3. The summed E-state index contributed by atoms with van der Waals surface area (Å²) in [6, 6.07) is 10.3. The Morgan fingerprint density at radius 2 is 1.78 bits per heavy atom. The van der Waals surface area contributed by atoms with E-state index in [1.807, 2.05) is 0 Å². The Morgan fingerprint density at radius 1 is 1.04 bits per heavy atom. The van der Waals surface area contributed by atoms with Crippen LogP contribution >= 0.6 is 23.2 Å². The molecule has 0 aliphatic heterocycles. The summed E-state index contributed by atoms with van der Waals surface area (Å²) in [5.74, 6) is -2.03. The van der Waals surface area contributed by atoms with Crippen molar-refractivity contribution in [2.24, 2.45) is 0 Å². The van der Waals surface area contributed by atoms with Crippen molar-refractivity contribution in [1.82, 2.24) is 10.9 Å². The molecule has 0 bridgehead atoms. The summed E-state index contributed by atoms with van der Waals surface area (Å²) in [5, 5.41) is 0.866. The number of amides is 2. The van der Waals surface area contributed by atoms with Gasteiger partial charge in [0.25, 0.3) is 11.8 Å². The minimum atomic E-state index is -0.755. The molecule has 0 unspecified atom stereocenters. The molecule has 4 nitrogen and oxygen atoms in total. The van der Waals surface area contributed by atoms with Crippen LogP contribution in [-0.4, -0.2) is 11.8 Å². The van der Waals surface area contributed by atoms with Crippen LogP contribution in [0.3, 0.4) is 0 Å². The van der Waals surface area contributed by atoms with Crippen molar-refractivity contribution >= 4 is 41.1 Å². The highest BCUT2D eigenvalue weighted by Gasteiger charge is 2.10. The van der Waals surface area contributed by atoms with Crippen molar-refractivity contribution in [3.8, 4) is 0 Å². The molecule has 2 aromatic rings. The van der Waals surface area contributed by atoms with Crippen LogP contribution in [-0.2, 0) is 4.79 Å². The van der Waals surface area contributed by atoms with Gasteiger partial charge in [0.1, 0.15) is 5.82 Å². The molecule has 0 heterocycles. The van der Waals surface area contributed by atoms with Crippen molar-refractivity contribution in [3.63, 3.8) is 0 Å². The van der Waals surface area contributed by atoms with Gasteiger partial charge >= 0.3 is 0 Å². The molecular formula is C16H11Cl2FN2O2. The van der Waals surface area contributed by atoms with E-state index in [1.54, 1.807) is 18.2 Å². The van der Waals surface area contributed by atoms with E-state index in [4.69, 9.17) is 23.2 Å². The Bertz CT molecular complexity index is 778. The van der Waals surface area contributed by atoms with Gasteiger partial charge in [-0.3, -0.25) is 20.4 Å². The number of carbonyl (C=O) groups is 2. The first-order chi connectivity index (χ1) is 11.0. The van der Waals surface area contributed by atoms with E-state index in [0.717, 1.165) is 6.07 Å². The van der Waals surface area contributed by atoms with Crippen LogP contribution in [0.25, 0.3) is 6.08 Å². The van der Waals surface area contributed by atoms with Gasteiger partial charge < -0.3 is 0 Å². The number of rotatable bonds is 3. The van der Waals surface area contributed by atoms with E-state index < -0.39 is 17.6 Å². The van der Waals surface area contributed by atoms with Crippen molar-refractivity contribution in [3.05, 3.63) is 75.5 Å². The van der Waals surface area contributed by atoms with E-state index in [0.29, 0.717) is 15.6 Å². The smallest absolute Gasteiger partial charge is 0.268 e. The third-order valence-electron chi connectivity index (χ3n) is 2.79. The molecule has 7 heteroatoms. The van der Waals surface area contributed by atoms with Gasteiger partial charge in [-0.25, -0.2) is 4.39 Å². The number of hydrogen-bond acceptors (Lipinski definition) is 2. The normalized spacial score (nSPS) is 10.6. The maximum atomic E-state index is 13.4. The summed E-state index contributed by atoms with van der Waals surface area (Å²) in [6.45, 7) is 0. The topological polar surface area (TPSA) is 58.2 Å². The average Bonchev–Trinajstić information content (AvgIpc) is 2.52. The molecule has 0 saturated carbocycles. The molecular weight excluding hydrogens is 342 g/mol. The number of halogens is 3. The fourth-order valence-corrected chi connectivity index (χ4v) is 2.15. The van der Waals surface area contributed by atoms with Gasteiger partial charge in [-0.15, -0.1) is 0 Å². The fourth-order valence-electron chi connectivity index (χ4n) is 1.67. The van der Waals surface area contributed by atoms with Crippen molar-refractivity contribution < 1.29 is 14.0 Å². The van der Waals surface area contributed by atoms with Gasteiger partial charge in [0.05, 0.1) is 5.56 Å². The maximum Gasteiger partial charge on any atom is 0.272 e. The minimum Gasteiger partial charge on any atom is -0.268 e. The molecule has 0 aliphatic rings. The average molecular weight is 353 g/mol. The third-order valence-corrected chi connectivity index (χ3v) is 3.36. The quantitative estimate of drug-likeness (QED) is 0.654. The van der Waals surface area contributed by atoms with Gasteiger partial charge in [0.15, 0.2) is 0 Å². The molecule has 23 heavy (non-hydrogen) atoms. The zero-order valence-electron chi connectivity index (χ0n) is 11.6. The van der Waals surface area contributed by atoms with Gasteiger partial charge in [0, 0.05) is 16.1 Å². The summed E-state index contributed by atoms with van der Waals surface area (Å²) in [5.41, 5.74) is 4.68. The highest BCUT2D eigenvalue weighted by Crippen LogP contribution is 2.21. The Balaban J connectivity index is 1.94. The second kappa shape index (κ2) is 7.76. The minimum absolute atomic E-state index is 0.169. The first kappa shape index (κ1) is 17.0. The first-order valence-electron chi connectivity index (χ1n) is 6.45. The predicted octanol–water partition coefficient (Wildman–Crippen LogP) is 3.61. The van der Waals surface area contributed by atoms with E-state index in [2.05, 4.69) is 10.9 Å². The number of carbonyl (C=O) groups excluding carboxylic acids is 2. The van der Waals surface area contributed by atoms with Crippen molar-refractivity contribution in [1.29, 1.82) is 0 Å².